The van der Waals surface area contributed by atoms with E-state index in [0.717, 1.165) is 0 Å². The lowest BCUT2D eigenvalue weighted by molar-refractivity contribution is -0.158. The number of amides is 1. The van der Waals surface area contributed by atoms with Crippen LogP contribution in [0.4, 0.5) is 4.39 Å². The average molecular weight is 311 g/mol. The van der Waals surface area contributed by atoms with Gasteiger partial charge in [0.15, 0.2) is 6.04 Å². The highest BCUT2D eigenvalue weighted by molar-refractivity contribution is 5.83. The van der Waals surface area contributed by atoms with Crippen molar-refractivity contribution in [3.63, 3.8) is 0 Å². The van der Waals surface area contributed by atoms with E-state index in [0.29, 0.717) is 18.8 Å². The molecule has 22 heavy (non-hydrogen) atoms. The first kappa shape index (κ1) is 16.2. The third-order valence-electron chi connectivity index (χ3n) is 3.33. The first-order valence-corrected chi connectivity index (χ1v) is 7.06. The summed E-state index contributed by atoms with van der Waals surface area (Å²) in [6.07, 6.45) is 0.609. The number of hydrogen-bond acceptors (Lipinski definition) is 4. The Balaban J connectivity index is 1.76. The number of carboxylic acid groups (broad SMARTS) is 1. The van der Waals surface area contributed by atoms with Gasteiger partial charge in [-0.15, -0.1) is 0 Å². The number of halogens is 1. The molecule has 0 saturated carbocycles. The molecule has 0 radical (unpaired) electrons. The number of morpholine rings is 1. The van der Waals surface area contributed by atoms with Crippen molar-refractivity contribution in [1.82, 2.24) is 4.90 Å². The number of ether oxygens (including phenoxy) is 2. The summed E-state index contributed by atoms with van der Waals surface area (Å²) >= 11 is 0. The molecular formula is C15H18FNO5. The van der Waals surface area contributed by atoms with Crippen molar-refractivity contribution in [2.24, 2.45) is 0 Å². The number of hydrogen-bond donors (Lipinski definition) is 1. The van der Waals surface area contributed by atoms with Gasteiger partial charge in [0.05, 0.1) is 19.8 Å². The third-order valence-corrected chi connectivity index (χ3v) is 3.33. The molecule has 1 aromatic rings. The van der Waals surface area contributed by atoms with Gasteiger partial charge in [-0.3, -0.25) is 4.79 Å². The van der Waals surface area contributed by atoms with Crippen LogP contribution in [-0.2, 0) is 14.3 Å². The van der Waals surface area contributed by atoms with Crippen molar-refractivity contribution in [1.29, 1.82) is 0 Å². The van der Waals surface area contributed by atoms with Crippen molar-refractivity contribution in [3.8, 4) is 5.75 Å². The summed E-state index contributed by atoms with van der Waals surface area (Å²) in [6.45, 7) is 0.897. The lowest BCUT2D eigenvalue weighted by atomic mass is 10.2. The maximum absolute atomic E-state index is 13.0. The largest absolute Gasteiger partial charge is 0.493 e. The molecule has 7 heteroatoms. The van der Waals surface area contributed by atoms with Gasteiger partial charge in [0.1, 0.15) is 11.6 Å². The van der Waals surface area contributed by atoms with Crippen LogP contribution in [-0.4, -0.2) is 54.3 Å². The van der Waals surface area contributed by atoms with Gasteiger partial charge in [0.25, 0.3) is 0 Å². The van der Waals surface area contributed by atoms with E-state index in [2.05, 4.69) is 0 Å². The minimum atomic E-state index is -1.07. The fourth-order valence-corrected chi connectivity index (χ4v) is 2.22. The van der Waals surface area contributed by atoms with Crippen LogP contribution in [0.25, 0.3) is 0 Å². The fraction of sp³-hybridized carbons (Fsp3) is 0.467. The van der Waals surface area contributed by atoms with E-state index in [-0.39, 0.29) is 37.9 Å². The Morgan fingerprint density at radius 3 is 3.00 bits per heavy atom. The van der Waals surface area contributed by atoms with Crippen molar-refractivity contribution in [3.05, 3.63) is 30.1 Å². The van der Waals surface area contributed by atoms with E-state index in [1.807, 2.05) is 0 Å². The molecule has 1 saturated heterocycles. The molecule has 1 amide bonds. The summed E-state index contributed by atoms with van der Waals surface area (Å²) in [5, 5.41) is 9.07. The van der Waals surface area contributed by atoms with Crippen LogP contribution in [0, 0.1) is 5.82 Å². The average Bonchev–Trinajstić information content (AvgIpc) is 2.51. The molecule has 1 aliphatic rings. The van der Waals surface area contributed by atoms with Crippen molar-refractivity contribution in [2.45, 2.75) is 18.9 Å². The van der Waals surface area contributed by atoms with Crippen molar-refractivity contribution >= 4 is 11.9 Å². The molecule has 1 aromatic carbocycles. The van der Waals surface area contributed by atoms with E-state index in [4.69, 9.17) is 14.6 Å². The summed E-state index contributed by atoms with van der Waals surface area (Å²) in [5.74, 6) is -1.28. The smallest absolute Gasteiger partial charge is 0.328 e. The van der Waals surface area contributed by atoms with Crippen LogP contribution in [0.1, 0.15) is 12.8 Å². The maximum Gasteiger partial charge on any atom is 0.328 e. The highest BCUT2D eigenvalue weighted by Crippen LogP contribution is 2.13. The molecule has 1 heterocycles. The molecule has 2 rings (SSSR count). The lowest BCUT2D eigenvalue weighted by Gasteiger charge is -2.32. The second-order valence-corrected chi connectivity index (χ2v) is 4.93. The Hall–Kier alpha value is -2.15. The third kappa shape index (κ3) is 4.42. The maximum atomic E-state index is 13.0. The summed E-state index contributed by atoms with van der Waals surface area (Å²) in [6, 6.07) is 4.84. The molecular weight excluding hydrogens is 293 g/mol. The second-order valence-electron chi connectivity index (χ2n) is 4.93. The van der Waals surface area contributed by atoms with Crippen LogP contribution < -0.4 is 4.74 Å². The minimum Gasteiger partial charge on any atom is -0.493 e. The SMILES string of the molecule is O=C(O)[C@@H]1COCCN1C(=O)CCCOc1cccc(F)c1. The van der Waals surface area contributed by atoms with Gasteiger partial charge >= 0.3 is 5.97 Å². The molecule has 120 valence electrons. The molecule has 0 unspecified atom stereocenters. The first-order valence-electron chi connectivity index (χ1n) is 7.06. The lowest BCUT2D eigenvalue weighted by Crippen LogP contribution is -2.52. The zero-order valence-electron chi connectivity index (χ0n) is 12.0. The van der Waals surface area contributed by atoms with Crippen LogP contribution in [0.3, 0.4) is 0 Å². The Bertz CT molecular complexity index is 536. The predicted molar refractivity (Wildman–Crippen MR) is 75.1 cm³/mol. The van der Waals surface area contributed by atoms with Gasteiger partial charge in [-0.05, 0) is 18.6 Å². The molecule has 1 fully saturated rings. The second kappa shape index (κ2) is 7.74. The number of benzene rings is 1. The van der Waals surface area contributed by atoms with E-state index >= 15 is 0 Å². The van der Waals surface area contributed by atoms with Crippen LogP contribution in [0.2, 0.25) is 0 Å². The number of nitrogens with zero attached hydrogens (tertiary/aromatic N) is 1. The molecule has 0 aromatic heterocycles. The van der Waals surface area contributed by atoms with Crippen LogP contribution >= 0.6 is 0 Å². The van der Waals surface area contributed by atoms with E-state index in [9.17, 15) is 14.0 Å². The molecule has 0 spiro atoms. The Kier molecular flexibility index (Phi) is 5.71. The zero-order valence-corrected chi connectivity index (χ0v) is 12.0. The fourth-order valence-electron chi connectivity index (χ4n) is 2.22. The topological polar surface area (TPSA) is 76.1 Å². The molecule has 0 aliphatic carbocycles. The predicted octanol–water partition coefficient (Wildman–Crippen LogP) is 1.30. The van der Waals surface area contributed by atoms with E-state index < -0.39 is 12.0 Å². The molecule has 0 bridgehead atoms. The standard InChI is InChI=1S/C15H18FNO5/c16-11-3-1-4-12(9-11)22-7-2-5-14(18)17-6-8-21-10-13(17)15(19)20/h1,3-4,9,13H,2,5-8,10H2,(H,19,20)/t13-/m0/s1. The zero-order chi connectivity index (χ0) is 15.9. The summed E-state index contributed by atoms with van der Waals surface area (Å²) in [4.78, 5) is 24.5. The Labute approximate surface area is 127 Å². The number of carboxylic acids is 1. The number of aliphatic carboxylic acids is 1. The highest BCUT2D eigenvalue weighted by Gasteiger charge is 2.32. The van der Waals surface area contributed by atoms with Gasteiger partial charge in [0, 0.05) is 19.0 Å². The number of carbonyl (C=O) groups is 2. The normalized spacial score (nSPS) is 18.0. The van der Waals surface area contributed by atoms with Gasteiger partial charge in [-0.25, -0.2) is 9.18 Å². The summed E-state index contributed by atoms with van der Waals surface area (Å²) in [7, 11) is 0. The Morgan fingerprint density at radius 1 is 1.45 bits per heavy atom. The highest BCUT2D eigenvalue weighted by atomic mass is 19.1. The molecule has 1 N–H and O–H groups in total. The summed E-state index contributed by atoms with van der Waals surface area (Å²) in [5.41, 5.74) is 0. The van der Waals surface area contributed by atoms with Crippen LogP contribution in [0.15, 0.2) is 24.3 Å². The molecule has 1 aliphatic heterocycles. The van der Waals surface area contributed by atoms with Gasteiger partial charge in [0.2, 0.25) is 5.91 Å². The van der Waals surface area contributed by atoms with Crippen LogP contribution in [0.5, 0.6) is 5.75 Å². The number of rotatable bonds is 6. The molecule has 1 atom stereocenters. The van der Waals surface area contributed by atoms with E-state index in [1.54, 1.807) is 12.1 Å². The summed E-state index contributed by atoms with van der Waals surface area (Å²) < 4.78 is 23.4. The number of carbonyl (C=O) groups excluding carboxylic acids is 1. The van der Waals surface area contributed by atoms with Gasteiger partial charge in [-0.1, -0.05) is 6.07 Å². The minimum absolute atomic E-state index is 0.0147. The van der Waals surface area contributed by atoms with Crippen molar-refractivity contribution < 1.29 is 28.6 Å². The van der Waals surface area contributed by atoms with Crippen molar-refractivity contribution in [2.75, 3.05) is 26.4 Å². The monoisotopic (exact) mass is 311 g/mol. The quantitative estimate of drug-likeness (QED) is 0.801. The van der Waals surface area contributed by atoms with E-state index in [1.165, 1.54) is 17.0 Å². The Morgan fingerprint density at radius 2 is 2.27 bits per heavy atom. The molecule has 6 nitrogen and oxygen atoms in total. The van der Waals surface area contributed by atoms with Gasteiger partial charge in [-0.2, -0.15) is 0 Å². The first-order chi connectivity index (χ1) is 10.6. The van der Waals surface area contributed by atoms with Gasteiger partial charge < -0.3 is 19.5 Å².